The van der Waals surface area contributed by atoms with Crippen molar-refractivity contribution in [2.75, 3.05) is 11.5 Å². The Balaban J connectivity index is 2.13. The highest BCUT2D eigenvalue weighted by Gasteiger charge is 2.61. The van der Waals surface area contributed by atoms with E-state index in [2.05, 4.69) is 28.1 Å². The summed E-state index contributed by atoms with van der Waals surface area (Å²) in [6, 6.07) is 0. The Labute approximate surface area is 106 Å². The van der Waals surface area contributed by atoms with Gasteiger partial charge in [0.05, 0.1) is 11.5 Å². The number of hydrogen-bond acceptors (Lipinski definition) is 2. The molecule has 3 rings (SSSR count). The molecule has 3 aliphatic rings. The Kier molecular flexibility index (Phi) is 2.36. The van der Waals surface area contributed by atoms with Crippen LogP contribution in [0.3, 0.4) is 0 Å². The third-order valence-electron chi connectivity index (χ3n) is 4.77. The summed E-state index contributed by atoms with van der Waals surface area (Å²) in [7, 11) is -2.83. The molecule has 0 N–H and O–H groups in total. The van der Waals surface area contributed by atoms with Crippen LogP contribution in [0.2, 0.25) is 0 Å². The lowest BCUT2D eigenvalue weighted by atomic mass is 9.54. The molecule has 0 aromatic rings. The highest BCUT2D eigenvalue weighted by molar-refractivity contribution is 9.09. The SMILES string of the molecule is O=S1(=O)C[C@@]23C=C[C@@H](Br)C[C@]2(CCCC3)C1. The maximum atomic E-state index is 12.0. The van der Waals surface area contributed by atoms with Crippen molar-refractivity contribution < 1.29 is 8.42 Å². The van der Waals surface area contributed by atoms with Gasteiger partial charge >= 0.3 is 0 Å². The molecular formula is C12H17BrO2S. The van der Waals surface area contributed by atoms with Gasteiger partial charge in [-0.05, 0) is 24.7 Å². The van der Waals surface area contributed by atoms with Crippen LogP contribution in [0.15, 0.2) is 12.2 Å². The van der Waals surface area contributed by atoms with Crippen molar-refractivity contribution in [2.24, 2.45) is 10.8 Å². The maximum absolute atomic E-state index is 12.0. The Hall–Kier alpha value is 0.170. The number of halogens is 1. The molecule has 0 bridgehead atoms. The van der Waals surface area contributed by atoms with Gasteiger partial charge in [0, 0.05) is 10.2 Å². The molecular weight excluding hydrogens is 288 g/mol. The van der Waals surface area contributed by atoms with Gasteiger partial charge in [0.2, 0.25) is 0 Å². The van der Waals surface area contributed by atoms with Crippen LogP contribution in [-0.4, -0.2) is 24.8 Å². The van der Waals surface area contributed by atoms with Crippen molar-refractivity contribution in [2.45, 2.75) is 36.9 Å². The molecule has 3 atom stereocenters. The van der Waals surface area contributed by atoms with E-state index in [4.69, 9.17) is 0 Å². The fourth-order valence-corrected chi connectivity index (χ4v) is 7.72. The number of hydrogen-bond donors (Lipinski definition) is 0. The standard InChI is InChI=1S/C12H17BrO2S/c13-10-3-6-11-4-1-2-5-12(11,7-10)9-16(14,15)8-11/h3,6,10H,1-2,4-5,7-9H2/t10-,11-,12-/m1/s1. The summed E-state index contributed by atoms with van der Waals surface area (Å²) in [6.45, 7) is 0. The summed E-state index contributed by atoms with van der Waals surface area (Å²) in [4.78, 5) is 0.368. The predicted molar refractivity (Wildman–Crippen MR) is 68.5 cm³/mol. The van der Waals surface area contributed by atoms with Crippen molar-refractivity contribution in [1.29, 1.82) is 0 Å². The normalized spacial score (nSPS) is 49.7. The van der Waals surface area contributed by atoms with Crippen molar-refractivity contribution in [3.05, 3.63) is 12.2 Å². The van der Waals surface area contributed by atoms with E-state index in [1.807, 2.05) is 0 Å². The second-order valence-electron chi connectivity index (χ2n) is 5.76. The third kappa shape index (κ3) is 1.45. The van der Waals surface area contributed by atoms with Crippen LogP contribution in [0.25, 0.3) is 0 Å². The van der Waals surface area contributed by atoms with Gasteiger partial charge < -0.3 is 0 Å². The lowest BCUT2D eigenvalue weighted by Gasteiger charge is -2.50. The molecule has 1 aliphatic heterocycles. The first-order valence-electron chi connectivity index (χ1n) is 6.01. The van der Waals surface area contributed by atoms with E-state index in [0.29, 0.717) is 16.3 Å². The molecule has 0 aromatic carbocycles. The minimum absolute atomic E-state index is 0.0195. The average molecular weight is 305 g/mol. The Morgan fingerprint density at radius 2 is 1.94 bits per heavy atom. The third-order valence-corrected chi connectivity index (χ3v) is 7.34. The topological polar surface area (TPSA) is 34.1 Å². The Bertz CT molecular complexity index is 442. The molecule has 0 radical (unpaired) electrons. The van der Waals surface area contributed by atoms with E-state index in [1.54, 1.807) is 0 Å². The van der Waals surface area contributed by atoms with Crippen molar-refractivity contribution in [3.63, 3.8) is 0 Å². The number of sulfone groups is 1. The average Bonchev–Trinajstić information content (AvgIpc) is 2.42. The quantitative estimate of drug-likeness (QED) is 0.509. The van der Waals surface area contributed by atoms with Gasteiger partial charge in [0.1, 0.15) is 0 Å². The summed E-state index contributed by atoms with van der Waals surface area (Å²) in [5.74, 6) is 0.822. The predicted octanol–water partition coefficient (Wildman–Crippen LogP) is 2.69. The van der Waals surface area contributed by atoms with E-state index >= 15 is 0 Å². The molecule has 16 heavy (non-hydrogen) atoms. The van der Waals surface area contributed by atoms with Gasteiger partial charge in [-0.1, -0.05) is 40.9 Å². The molecule has 4 heteroatoms. The number of alkyl halides is 1. The van der Waals surface area contributed by atoms with Gasteiger partial charge in [-0.3, -0.25) is 0 Å². The summed E-state index contributed by atoms with van der Waals surface area (Å²) in [5, 5.41) is 0. The Morgan fingerprint density at radius 1 is 1.19 bits per heavy atom. The second kappa shape index (κ2) is 3.35. The monoisotopic (exact) mass is 304 g/mol. The first-order chi connectivity index (χ1) is 7.47. The summed E-state index contributed by atoms with van der Waals surface area (Å²) >= 11 is 3.63. The summed E-state index contributed by atoms with van der Waals surface area (Å²) < 4.78 is 24.0. The first kappa shape index (κ1) is 11.3. The molecule has 90 valence electrons. The van der Waals surface area contributed by atoms with Crippen LogP contribution in [0, 0.1) is 10.8 Å². The van der Waals surface area contributed by atoms with Crippen LogP contribution in [0.1, 0.15) is 32.1 Å². The van der Waals surface area contributed by atoms with Crippen LogP contribution in [0.5, 0.6) is 0 Å². The van der Waals surface area contributed by atoms with Crippen molar-refractivity contribution >= 4 is 25.8 Å². The Morgan fingerprint density at radius 3 is 2.75 bits per heavy atom. The van der Waals surface area contributed by atoms with Crippen LogP contribution < -0.4 is 0 Å². The van der Waals surface area contributed by atoms with Crippen LogP contribution in [0.4, 0.5) is 0 Å². The number of allylic oxidation sites excluding steroid dienone is 2. The lowest BCUT2D eigenvalue weighted by Crippen LogP contribution is -2.46. The zero-order valence-corrected chi connectivity index (χ0v) is 11.7. The fourth-order valence-electron chi connectivity index (χ4n) is 4.13. The van der Waals surface area contributed by atoms with Gasteiger partial charge in [-0.25, -0.2) is 8.42 Å². The van der Waals surface area contributed by atoms with Gasteiger partial charge in [0.15, 0.2) is 9.84 Å². The lowest BCUT2D eigenvalue weighted by molar-refractivity contribution is 0.0667. The smallest absolute Gasteiger partial charge is 0.151 e. The van der Waals surface area contributed by atoms with E-state index in [0.717, 1.165) is 19.3 Å². The minimum atomic E-state index is -2.83. The highest BCUT2D eigenvalue weighted by Crippen LogP contribution is 2.62. The van der Waals surface area contributed by atoms with Gasteiger partial charge in [0.25, 0.3) is 0 Å². The van der Waals surface area contributed by atoms with Crippen molar-refractivity contribution in [1.82, 2.24) is 0 Å². The van der Waals surface area contributed by atoms with E-state index in [-0.39, 0.29) is 10.8 Å². The molecule has 2 fully saturated rings. The minimum Gasteiger partial charge on any atom is -0.229 e. The maximum Gasteiger partial charge on any atom is 0.151 e. The highest BCUT2D eigenvalue weighted by atomic mass is 79.9. The molecule has 1 saturated carbocycles. The zero-order valence-electron chi connectivity index (χ0n) is 9.28. The molecule has 0 amide bonds. The summed E-state index contributed by atoms with van der Waals surface area (Å²) in [6.07, 6.45) is 9.95. The number of rotatable bonds is 0. The molecule has 0 spiro atoms. The van der Waals surface area contributed by atoms with E-state index in [1.165, 1.54) is 12.8 Å². The first-order valence-corrected chi connectivity index (χ1v) is 8.75. The summed E-state index contributed by atoms with van der Waals surface area (Å²) in [5.41, 5.74) is 0.0291. The van der Waals surface area contributed by atoms with Crippen LogP contribution in [-0.2, 0) is 9.84 Å². The van der Waals surface area contributed by atoms with Crippen molar-refractivity contribution in [3.8, 4) is 0 Å². The molecule has 1 heterocycles. The van der Waals surface area contributed by atoms with E-state index in [9.17, 15) is 8.42 Å². The molecule has 2 nitrogen and oxygen atoms in total. The molecule has 0 unspecified atom stereocenters. The second-order valence-corrected chi connectivity index (χ2v) is 9.00. The molecule has 1 saturated heterocycles. The largest absolute Gasteiger partial charge is 0.229 e. The molecule has 0 aromatic heterocycles. The van der Waals surface area contributed by atoms with E-state index < -0.39 is 9.84 Å². The zero-order chi connectivity index (χ0) is 11.4. The molecule has 2 aliphatic carbocycles. The van der Waals surface area contributed by atoms with Gasteiger partial charge in [-0.2, -0.15) is 0 Å². The van der Waals surface area contributed by atoms with Gasteiger partial charge in [-0.15, -0.1) is 0 Å². The van der Waals surface area contributed by atoms with Crippen LogP contribution >= 0.6 is 15.9 Å². The fraction of sp³-hybridized carbons (Fsp3) is 0.833.